The van der Waals surface area contributed by atoms with Gasteiger partial charge in [0.25, 0.3) is 0 Å². The van der Waals surface area contributed by atoms with Gasteiger partial charge in [-0.3, -0.25) is 0 Å². The molecule has 2 rings (SSSR count). The summed E-state index contributed by atoms with van der Waals surface area (Å²) in [5, 5.41) is 0.242. The molecule has 0 saturated carbocycles. The molecule has 7 heteroatoms. The maximum Gasteiger partial charge on any atom is 0.490 e. The highest BCUT2D eigenvalue weighted by Gasteiger charge is 2.32. The zero-order valence-electron chi connectivity index (χ0n) is 7.02. The van der Waals surface area contributed by atoms with Crippen LogP contribution in [0.4, 0.5) is 13.2 Å². The van der Waals surface area contributed by atoms with Crippen molar-refractivity contribution in [3.8, 4) is 0 Å². The lowest BCUT2D eigenvalue weighted by Gasteiger charge is -2.08. The summed E-state index contributed by atoms with van der Waals surface area (Å²) in [5.74, 6) is 0. The van der Waals surface area contributed by atoms with Crippen molar-refractivity contribution < 1.29 is 13.2 Å². The molecule has 0 fully saturated rings. The summed E-state index contributed by atoms with van der Waals surface area (Å²) in [7, 11) is 0. The van der Waals surface area contributed by atoms with Gasteiger partial charge in [-0.2, -0.15) is 0 Å². The van der Waals surface area contributed by atoms with E-state index in [1.54, 1.807) is 0 Å². The second-order valence-corrected chi connectivity index (χ2v) is 3.65. The van der Waals surface area contributed by atoms with E-state index in [1.807, 2.05) is 0 Å². The van der Waals surface area contributed by atoms with Gasteiger partial charge in [0.1, 0.15) is 6.33 Å². The summed E-state index contributed by atoms with van der Waals surface area (Å²) in [6.07, 6.45) is -3.82. The first-order valence-electron chi connectivity index (χ1n) is 3.79. The highest BCUT2D eigenvalue weighted by atomic mass is 35.5. The molecule has 1 aromatic heterocycles. The molecule has 0 saturated heterocycles. The van der Waals surface area contributed by atoms with Crippen LogP contribution in [-0.2, 0) is 6.30 Å². The lowest BCUT2D eigenvalue weighted by molar-refractivity contribution is -0.201. The Hall–Kier alpha value is -0.940. The SMILES string of the molecule is FC(F)(F)n1cnc2cc(Cl)c(Cl)cc21. The van der Waals surface area contributed by atoms with Crippen molar-refractivity contribution in [2.24, 2.45) is 0 Å². The molecule has 0 radical (unpaired) electrons. The molecule has 0 bridgehead atoms. The van der Waals surface area contributed by atoms with Gasteiger partial charge in [-0.1, -0.05) is 23.2 Å². The monoisotopic (exact) mass is 254 g/mol. The first-order chi connectivity index (χ1) is 6.89. The molecule has 0 N–H and O–H groups in total. The molecule has 0 spiro atoms. The van der Waals surface area contributed by atoms with Crippen LogP contribution in [0.25, 0.3) is 11.0 Å². The smallest absolute Gasteiger partial charge is 0.241 e. The minimum absolute atomic E-state index is 0.0650. The number of alkyl halides is 3. The molecule has 0 unspecified atom stereocenters. The van der Waals surface area contributed by atoms with Crippen LogP contribution in [0, 0.1) is 0 Å². The van der Waals surface area contributed by atoms with E-state index in [-0.39, 0.29) is 25.6 Å². The van der Waals surface area contributed by atoms with E-state index in [1.165, 1.54) is 6.07 Å². The summed E-state index contributed by atoms with van der Waals surface area (Å²) in [6, 6.07) is 2.43. The third-order valence-corrected chi connectivity index (χ3v) is 2.58. The number of fused-ring (bicyclic) bond motifs is 1. The van der Waals surface area contributed by atoms with Gasteiger partial charge in [0.2, 0.25) is 0 Å². The van der Waals surface area contributed by atoms with Gasteiger partial charge in [0.15, 0.2) is 0 Å². The zero-order valence-corrected chi connectivity index (χ0v) is 8.53. The van der Waals surface area contributed by atoms with E-state index >= 15 is 0 Å². The fourth-order valence-corrected chi connectivity index (χ4v) is 1.52. The van der Waals surface area contributed by atoms with Crippen molar-refractivity contribution in [2.75, 3.05) is 0 Å². The molecular formula is C8H3Cl2F3N2. The molecule has 0 amide bonds. The molecule has 0 atom stereocenters. The van der Waals surface area contributed by atoms with E-state index in [4.69, 9.17) is 23.2 Å². The number of rotatable bonds is 0. The second-order valence-electron chi connectivity index (χ2n) is 2.84. The van der Waals surface area contributed by atoms with Crippen LogP contribution in [0.5, 0.6) is 0 Å². The Kier molecular flexibility index (Phi) is 2.31. The average molecular weight is 255 g/mol. The van der Waals surface area contributed by atoms with Crippen molar-refractivity contribution in [1.29, 1.82) is 0 Å². The van der Waals surface area contributed by atoms with Gasteiger partial charge in [-0.25, -0.2) is 9.55 Å². The standard InChI is InChI=1S/C8H3Cl2F3N2/c9-4-1-6-7(2-5(4)10)15(3-14-6)8(11,12)13/h1-3H. The minimum atomic E-state index is -4.51. The van der Waals surface area contributed by atoms with Crippen LogP contribution in [0.2, 0.25) is 10.0 Å². The molecule has 1 heterocycles. The maximum atomic E-state index is 12.4. The number of hydrogen-bond donors (Lipinski definition) is 0. The summed E-state index contributed by atoms with van der Waals surface area (Å²) in [4.78, 5) is 3.59. The normalized spacial score (nSPS) is 12.3. The van der Waals surface area contributed by atoms with Crippen LogP contribution in [0.15, 0.2) is 18.5 Å². The summed E-state index contributed by atoms with van der Waals surface area (Å²) >= 11 is 11.3. The molecular weight excluding hydrogens is 252 g/mol. The van der Waals surface area contributed by atoms with Gasteiger partial charge in [-0.05, 0) is 12.1 Å². The van der Waals surface area contributed by atoms with Gasteiger partial charge in [0, 0.05) is 0 Å². The highest BCUT2D eigenvalue weighted by molar-refractivity contribution is 6.42. The largest absolute Gasteiger partial charge is 0.490 e. The Balaban J connectivity index is 2.75. The second kappa shape index (κ2) is 3.28. The molecule has 2 aromatic rings. The third-order valence-electron chi connectivity index (χ3n) is 1.86. The summed E-state index contributed by atoms with van der Waals surface area (Å²) < 4.78 is 37.4. The fraction of sp³-hybridized carbons (Fsp3) is 0.125. The quantitative estimate of drug-likeness (QED) is 0.699. The van der Waals surface area contributed by atoms with E-state index in [0.717, 1.165) is 6.07 Å². The number of benzene rings is 1. The molecule has 80 valence electrons. The predicted octanol–water partition coefficient (Wildman–Crippen LogP) is 3.82. The topological polar surface area (TPSA) is 17.8 Å². The number of imidazole rings is 1. The lowest BCUT2D eigenvalue weighted by atomic mass is 10.3. The number of nitrogens with zero attached hydrogens (tertiary/aromatic N) is 2. The summed E-state index contributed by atoms with van der Waals surface area (Å²) in [6.45, 7) is 0. The number of aromatic nitrogens is 2. The maximum absolute atomic E-state index is 12.4. The Labute approximate surface area is 92.2 Å². The number of hydrogen-bond acceptors (Lipinski definition) is 1. The van der Waals surface area contributed by atoms with Crippen molar-refractivity contribution in [1.82, 2.24) is 9.55 Å². The molecule has 0 aliphatic heterocycles. The van der Waals surface area contributed by atoms with Gasteiger partial charge in [0.05, 0.1) is 21.1 Å². The Bertz CT molecular complexity index is 518. The van der Waals surface area contributed by atoms with E-state index in [0.29, 0.717) is 6.33 Å². The number of halogens is 5. The predicted molar refractivity (Wildman–Crippen MR) is 51.1 cm³/mol. The zero-order chi connectivity index (χ0) is 11.2. The Morgan fingerprint density at radius 3 is 2.33 bits per heavy atom. The lowest BCUT2D eigenvalue weighted by Crippen LogP contribution is -2.14. The van der Waals surface area contributed by atoms with Gasteiger partial charge >= 0.3 is 6.30 Å². The van der Waals surface area contributed by atoms with Crippen LogP contribution < -0.4 is 0 Å². The summed E-state index contributed by atoms with van der Waals surface area (Å²) in [5.41, 5.74) is 0.0404. The fourth-order valence-electron chi connectivity index (χ4n) is 1.21. The van der Waals surface area contributed by atoms with Crippen molar-refractivity contribution >= 4 is 34.2 Å². The first-order valence-corrected chi connectivity index (χ1v) is 4.54. The van der Waals surface area contributed by atoms with Crippen LogP contribution in [0.1, 0.15) is 0 Å². The Morgan fingerprint density at radius 2 is 1.73 bits per heavy atom. The molecule has 1 aromatic carbocycles. The van der Waals surface area contributed by atoms with Crippen LogP contribution in [0.3, 0.4) is 0 Å². The Morgan fingerprint density at radius 1 is 1.13 bits per heavy atom. The van der Waals surface area contributed by atoms with E-state index in [2.05, 4.69) is 4.98 Å². The van der Waals surface area contributed by atoms with Gasteiger partial charge in [-0.15, -0.1) is 13.2 Å². The van der Waals surface area contributed by atoms with Crippen LogP contribution in [-0.4, -0.2) is 9.55 Å². The molecule has 15 heavy (non-hydrogen) atoms. The van der Waals surface area contributed by atoms with E-state index < -0.39 is 6.30 Å². The van der Waals surface area contributed by atoms with Gasteiger partial charge < -0.3 is 0 Å². The van der Waals surface area contributed by atoms with Crippen molar-refractivity contribution in [3.63, 3.8) is 0 Å². The minimum Gasteiger partial charge on any atom is -0.241 e. The average Bonchev–Trinajstić information content (AvgIpc) is 2.47. The van der Waals surface area contributed by atoms with Crippen molar-refractivity contribution in [3.05, 3.63) is 28.5 Å². The van der Waals surface area contributed by atoms with Crippen molar-refractivity contribution in [2.45, 2.75) is 6.30 Å². The first kappa shape index (κ1) is 10.6. The van der Waals surface area contributed by atoms with E-state index in [9.17, 15) is 13.2 Å². The molecule has 0 aliphatic carbocycles. The highest BCUT2D eigenvalue weighted by Crippen LogP contribution is 2.31. The van der Waals surface area contributed by atoms with Crippen LogP contribution >= 0.6 is 23.2 Å². The molecule has 2 nitrogen and oxygen atoms in total. The molecule has 0 aliphatic rings. The third kappa shape index (κ3) is 1.77.